The Kier molecular flexibility index (Phi) is 7.38. The summed E-state index contributed by atoms with van der Waals surface area (Å²) in [5, 5.41) is 6.22. The summed E-state index contributed by atoms with van der Waals surface area (Å²) in [7, 11) is -3.93. The van der Waals surface area contributed by atoms with Gasteiger partial charge in [-0.3, -0.25) is 4.79 Å². The third kappa shape index (κ3) is 5.76. The molecule has 6 nitrogen and oxygen atoms in total. The largest absolute Gasteiger partial charge is 0.272 e. The van der Waals surface area contributed by atoms with Gasteiger partial charge in [0.1, 0.15) is 0 Å². The van der Waals surface area contributed by atoms with Crippen LogP contribution < -0.4 is 5.43 Å². The van der Waals surface area contributed by atoms with Crippen molar-refractivity contribution in [2.24, 2.45) is 5.10 Å². The molecule has 9 heteroatoms. The van der Waals surface area contributed by atoms with Gasteiger partial charge in [0.2, 0.25) is 10.0 Å². The van der Waals surface area contributed by atoms with Gasteiger partial charge in [-0.05, 0) is 42.1 Å². The number of carbonyl (C=O) groups excluding carboxylic acids is 1. The normalized spacial score (nSPS) is 11.8. The van der Waals surface area contributed by atoms with E-state index in [-0.39, 0.29) is 11.4 Å². The van der Waals surface area contributed by atoms with E-state index in [1.165, 1.54) is 29.7 Å². The number of nitrogens with one attached hydrogen (secondary N) is 1. The van der Waals surface area contributed by atoms with Crippen LogP contribution in [0, 0.1) is 6.92 Å². The fraction of sp³-hybridized carbons (Fsp3) is 0.143. The predicted molar refractivity (Wildman–Crippen MR) is 120 cm³/mol. The SMILES string of the molecule is Cc1ccc(S(=O)(=O)N(CC(=O)N/N=C\c2cccs2)Cc2ccccc2Cl)cc1. The smallest absolute Gasteiger partial charge is 0.255 e. The van der Waals surface area contributed by atoms with E-state index in [9.17, 15) is 13.2 Å². The average molecular weight is 462 g/mol. The first-order valence-corrected chi connectivity index (χ1v) is 11.7. The van der Waals surface area contributed by atoms with Crippen LogP contribution in [0.1, 0.15) is 16.0 Å². The minimum atomic E-state index is -3.93. The molecule has 0 fully saturated rings. The molecule has 156 valence electrons. The Labute approximate surface area is 184 Å². The Hall–Kier alpha value is -2.52. The lowest BCUT2D eigenvalue weighted by Gasteiger charge is -2.22. The predicted octanol–water partition coefficient (Wildman–Crippen LogP) is 4.05. The molecular formula is C21H20ClN3O3S2. The van der Waals surface area contributed by atoms with Crippen molar-refractivity contribution in [2.45, 2.75) is 18.4 Å². The number of thiophene rings is 1. The van der Waals surface area contributed by atoms with Gasteiger partial charge in [-0.2, -0.15) is 9.41 Å². The molecule has 0 unspecified atom stereocenters. The molecule has 0 radical (unpaired) electrons. The molecule has 0 bridgehead atoms. The average Bonchev–Trinajstić information content (AvgIpc) is 3.23. The van der Waals surface area contributed by atoms with Crippen molar-refractivity contribution in [3.63, 3.8) is 0 Å². The van der Waals surface area contributed by atoms with Crippen molar-refractivity contribution in [1.82, 2.24) is 9.73 Å². The van der Waals surface area contributed by atoms with Gasteiger partial charge in [0.05, 0.1) is 17.7 Å². The van der Waals surface area contributed by atoms with E-state index in [4.69, 9.17) is 11.6 Å². The van der Waals surface area contributed by atoms with E-state index in [1.54, 1.807) is 36.4 Å². The molecule has 0 aliphatic heterocycles. The molecule has 0 atom stereocenters. The molecule has 1 amide bonds. The summed E-state index contributed by atoms with van der Waals surface area (Å²) in [6.45, 7) is 1.43. The second kappa shape index (κ2) is 9.99. The number of sulfonamides is 1. The minimum absolute atomic E-state index is 0.0437. The van der Waals surface area contributed by atoms with Crippen molar-refractivity contribution in [3.8, 4) is 0 Å². The van der Waals surface area contributed by atoms with Gasteiger partial charge in [0.25, 0.3) is 5.91 Å². The molecule has 30 heavy (non-hydrogen) atoms. The van der Waals surface area contributed by atoms with Crippen molar-refractivity contribution >= 4 is 45.1 Å². The summed E-state index contributed by atoms with van der Waals surface area (Å²) >= 11 is 7.69. The number of hydrazone groups is 1. The maximum absolute atomic E-state index is 13.2. The molecule has 3 aromatic rings. The first kappa shape index (κ1) is 22.2. The van der Waals surface area contributed by atoms with Crippen LogP contribution in [-0.2, 0) is 21.4 Å². The summed E-state index contributed by atoms with van der Waals surface area (Å²) < 4.78 is 27.5. The van der Waals surface area contributed by atoms with Gasteiger partial charge in [0, 0.05) is 16.4 Å². The number of aryl methyl sites for hydroxylation is 1. The number of carbonyl (C=O) groups is 1. The highest BCUT2D eigenvalue weighted by Crippen LogP contribution is 2.22. The molecule has 0 saturated carbocycles. The molecule has 2 aromatic carbocycles. The van der Waals surface area contributed by atoms with Crippen molar-refractivity contribution < 1.29 is 13.2 Å². The highest BCUT2D eigenvalue weighted by molar-refractivity contribution is 7.89. The summed E-state index contributed by atoms with van der Waals surface area (Å²) in [6, 6.07) is 17.1. The zero-order valence-corrected chi connectivity index (χ0v) is 18.5. The molecule has 1 N–H and O–H groups in total. The van der Waals surface area contributed by atoms with E-state index < -0.39 is 22.5 Å². The highest BCUT2D eigenvalue weighted by atomic mass is 35.5. The highest BCUT2D eigenvalue weighted by Gasteiger charge is 2.27. The number of rotatable bonds is 8. The first-order chi connectivity index (χ1) is 14.4. The molecule has 0 saturated heterocycles. The maximum Gasteiger partial charge on any atom is 0.255 e. The molecular weight excluding hydrogens is 442 g/mol. The van der Waals surface area contributed by atoms with E-state index >= 15 is 0 Å². The standard InChI is InChI=1S/C21H20ClN3O3S2/c1-16-8-10-19(11-9-16)30(27,28)25(14-17-5-2-3-7-20(17)22)15-21(26)24-23-13-18-6-4-12-29-18/h2-13H,14-15H2,1H3,(H,24,26)/b23-13-. The van der Waals surface area contributed by atoms with Gasteiger partial charge in [0.15, 0.2) is 0 Å². The van der Waals surface area contributed by atoms with Crippen LogP contribution in [0.3, 0.4) is 0 Å². The molecule has 0 aliphatic rings. The second-order valence-electron chi connectivity index (χ2n) is 6.49. The van der Waals surface area contributed by atoms with E-state index in [0.29, 0.717) is 10.6 Å². The quantitative estimate of drug-likeness (QED) is 0.406. The van der Waals surface area contributed by atoms with Gasteiger partial charge in [-0.25, -0.2) is 13.8 Å². The van der Waals surface area contributed by atoms with Crippen LogP contribution in [0.4, 0.5) is 0 Å². The summed E-state index contributed by atoms with van der Waals surface area (Å²) in [5.41, 5.74) is 3.92. The lowest BCUT2D eigenvalue weighted by atomic mass is 10.2. The monoisotopic (exact) mass is 461 g/mol. The van der Waals surface area contributed by atoms with Crippen molar-refractivity contribution in [3.05, 3.63) is 87.1 Å². The van der Waals surface area contributed by atoms with E-state index in [1.807, 2.05) is 24.4 Å². The maximum atomic E-state index is 13.2. The van der Waals surface area contributed by atoms with Crippen molar-refractivity contribution in [1.29, 1.82) is 0 Å². The third-order valence-electron chi connectivity index (χ3n) is 4.21. The van der Waals surface area contributed by atoms with Gasteiger partial charge < -0.3 is 0 Å². The zero-order chi connectivity index (χ0) is 21.6. The van der Waals surface area contributed by atoms with Crippen LogP contribution in [0.2, 0.25) is 5.02 Å². The lowest BCUT2D eigenvalue weighted by molar-refractivity contribution is -0.121. The van der Waals surface area contributed by atoms with Crippen LogP contribution in [0.25, 0.3) is 0 Å². The zero-order valence-electron chi connectivity index (χ0n) is 16.2. The third-order valence-corrected chi connectivity index (χ3v) is 7.19. The minimum Gasteiger partial charge on any atom is -0.272 e. The number of hydrogen-bond acceptors (Lipinski definition) is 5. The molecule has 0 aliphatic carbocycles. The number of amides is 1. The molecule has 3 rings (SSSR count). The molecule has 0 spiro atoms. The number of hydrogen-bond donors (Lipinski definition) is 1. The first-order valence-electron chi connectivity index (χ1n) is 9.02. The summed E-state index contributed by atoms with van der Waals surface area (Å²) in [5.74, 6) is -0.550. The van der Waals surface area contributed by atoms with Gasteiger partial charge in [-0.15, -0.1) is 11.3 Å². The Morgan fingerprint density at radius 1 is 1.13 bits per heavy atom. The van der Waals surface area contributed by atoms with E-state index in [0.717, 1.165) is 14.7 Å². The summed E-state index contributed by atoms with van der Waals surface area (Å²) in [6.07, 6.45) is 1.51. The topological polar surface area (TPSA) is 78.8 Å². The fourth-order valence-corrected chi connectivity index (χ4v) is 4.78. The summed E-state index contributed by atoms with van der Waals surface area (Å²) in [4.78, 5) is 13.4. The number of halogens is 1. The lowest BCUT2D eigenvalue weighted by Crippen LogP contribution is -2.39. The van der Waals surface area contributed by atoms with Crippen LogP contribution in [0.5, 0.6) is 0 Å². The van der Waals surface area contributed by atoms with Crippen LogP contribution in [-0.4, -0.2) is 31.4 Å². The van der Waals surface area contributed by atoms with Crippen LogP contribution in [0.15, 0.2) is 76.0 Å². The number of nitrogens with zero attached hydrogens (tertiary/aromatic N) is 2. The van der Waals surface area contributed by atoms with Crippen LogP contribution >= 0.6 is 22.9 Å². The molecule has 1 heterocycles. The number of benzene rings is 2. The fourth-order valence-electron chi connectivity index (χ4n) is 2.63. The Bertz CT molecular complexity index is 1130. The Morgan fingerprint density at radius 3 is 2.53 bits per heavy atom. The van der Waals surface area contributed by atoms with Gasteiger partial charge >= 0.3 is 0 Å². The molecule has 1 aromatic heterocycles. The van der Waals surface area contributed by atoms with E-state index in [2.05, 4.69) is 10.5 Å². The van der Waals surface area contributed by atoms with Gasteiger partial charge in [-0.1, -0.05) is 53.6 Å². The Morgan fingerprint density at radius 2 is 1.87 bits per heavy atom. The Balaban J connectivity index is 1.82. The van der Waals surface area contributed by atoms with Crippen molar-refractivity contribution in [2.75, 3.05) is 6.54 Å². The second-order valence-corrected chi connectivity index (χ2v) is 9.81.